The number of nitrogens with zero attached hydrogens (tertiary/aromatic N) is 2. The van der Waals surface area contributed by atoms with E-state index in [9.17, 15) is 4.79 Å². The van der Waals surface area contributed by atoms with Crippen molar-refractivity contribution < 1.29 is 4.79 Å². The third kappa shape index (κ3) is 3.52. The molecule has 0 atom stereocenters. The Labute approximate surface area is 161 Å². The average molecular weight is 374 g/mol. The van der Waals surface area contributed by atoms with Crippen molar-refractivity contribution in [1.29, 1.82) is 0 Å². The van der Waals surface area contributed by atoms with Gasteiger partial charge in [0.25, 0.3) is 5.91 Å². The average Bonchev–Trinajstić information content (AvgIpc) is 3.29. The minimum Gasteiger partial charge on any atom is -0.319 e. The van der Waals surface area contributed by atoms with Crippen molar-refractivity contribution in [2.45, 2.75) is 13.8 Å². The van der Waals surface area contributed by atoms with E-state index in [1.54, 1.807) is 17.4 Å². The van der Waals surface area contributed by atoms with Crippen LogP contribution in [0.3, 0.4) is 0 Å². The third-order valence-corrected chi connectivity index (χ3v) is 5.23. The zero-order valence-corrected chi connectivity index (χ0v) is 15.8. The summed E-state index contributed by atoms with van der Waals surface area (Å²) in [4.78, 5) is 17.4. The Morgan fingerprint density at radius 3 is 2.56 bits per heavy atom. The summed E-state index contributed by atoms with van der Waals surface area (Å²) in [6, 6.07) is 17.3. The first-order valence-electron chi connectivity index (χ1n) is 8.56. The molecule has 0 aliphatic carbocycles. The van der Waals surface area contributed by atoms with E-state index in [0.717, 1.165) is 33.2 Å². The van der Waals surface area contributed by atoms with Gasteiger partial charge < -0.3 is 5.32 Å². The zero-order valence-electron chi connectivity index (χ0n) is 15.0. The van der Waals surface area contributed by atoms with Crippen LogP contribution < -0.4 is 5.32 Å². The van der Waals surface area contributed by atoms with Crippen molar-refractivity contribution in [2.75, 3.05) is 5.32 Å². The van der Waals surface area contributed by atoms with Crippen LogP contribution in [0.25, 0.3) is 21.8 Å². The number of H-pyrrole nitrogens is 1. The Morgan fingerprint density at radius 1 is 1.04 bits per heavy atom. The molecule has 2 heterocycles. The summed E-state index contributed by atoms with van der Waals surface area (Å²) in [6.07, 6.45) is 0. The maximum absolute atomic E-state index is 12.9. The van der Waals surface area contributed by atoms with Crippen molar-refractivity contribution in [3.63, 3.8) is 0 Å². The number of thiazole rings is 1. The van der Waals surface area contributed by atoms with E-state index < -0.39 is 0 Å². The summed E-state index contributed by atoms with van der Waals surface area (Å²) in [5, 5.41) is 13.2. The second-order valence-electron chi connectivity index (χ2n) is 6.27. The molecule has 5 nitrogen and oxygen atoms in total. The Morgan fingerprint density at radius 2 is 1.81 bits per heavy atom. The Hall–Kier alpha value is -3.25. The number of benzene rings is 2. The van der Waals surface area contributed by atoms with Crippen LogP contribution in [0.2, 0.25) is 0 Å². The lowest BCUT2D eigenvalue weighted by atomic mass is 10.1. The van der Waals surface area contributed by atoms with Gasteiger partial charge in [0.2, 0.25) is 0 Å². The Bertz CT molecular complexity index is 1100. The van der Waals surface area contributed by atoms with Gasteiger partial charge in [-0.05, 0) is 26.0 Å². The highest BCUT2D eigenvalue weighted by Crippen LogP contribution is 2.29. The van der Waals surface area contributed by atoms with Crippen LogP contribution in [0.4, 0.5) is 5.69 Å². The smallest absolute Gasteiger partial charge is 0.255 e. The summed E-state index contributed by atoms with van der Waals surface area (Å²) in [5.41, 5.74) is 5.69. The van der Waals surface area contributed by atoms with Gasteiger partial charge in [-0.15, -0.1) is 11.3 Å². The highest BCUT2D eigenvalue weighted by Gasteiger charge is 2.16. The number of aryl methyl sites for hydroxylation is 2. The monoisotopic (exact) mass is 374 g/mol. The van der Waals surface area contributed by atoms with Crippen molar-refractivity contribution in [3.8, 4) is 21.8 Å². The summed E-state index contributed by atoms with van der Waals surface area (Å²) in [7, 11) is 0. The molecule has 27 heavy (non-hydrogen) atoms. The van der Waals surface area contributed by atoms with Crippen LogP contribution in [-0.2, 0) is 0 Å². The van der Waals surface area contributed by atoms with E-state index in [1.165, 1.54) is 0 Å². The van der Waals surface area contributed by atoms with Crippen LogP contribution >= 0.6 is 11.3 Å². The predicted octanol–water partition coefficient (Wildman–Crippen LogP) is 5.07. The molecular formula is C21H18N4OS. The van der Waals surface area contributed by atoms with E-state index in [4.69, 9.17) is 0 Å². The van der Waals surface area contributed by atoms with E-state index in [-0.39, 0.29) is 5.91 Å². The Kier molecular flexibility index (Phi) is 4.56. The first-order chi connectivity index (χ1) is 13.1. The normalized spacial score (nSPS) is 10.7. The molecule has 6 heteroatoms. The number of aromatic amines is 1. The molecule has 0 radical (unpaired) electrons. The fraction of sp³-hybridized carbons (Fsp3) is 0.0952. The number of amides is 1. The topological polar surface area (TPSA) is 70.7 Å². The van der Waals surface area contributed by atoms with Crippen LogP contribution in [0.15, 0.2) is 60.0 Å². The van der Waals surface area contributed by atoms with Crippen molar-refractivity contribution >= 4 is 22.9 Å². The molecule has 4 aromatic rings. The van der Waals surface area contributed by atoms with Gasteiger partial charge in [0.1, 0.15) is 10.7 Å². The zero-order chi connectivity index (χ0) is 18.8. The number of carbonyl (C=O) groups is 1. The minimum absolute atomic E-state index is 0.174. The molecule has 0 fully saturated rings. The number of hydrogen-bond donors (Lipinski definition) is 2. The standard InChI is InChI=1S/C21H18N4OS/c1-13-12-27-21(22-13)17-10-6-9-16(11-17)20(26)23-18-14(2)24-25-19(18)15-7-4-3-5-8-15/h3-12H,1-2H3,(H,23,26)(H,24,25). The van der Waals surface area contributed by atoms with Gasteiger partial charge in [-0.2, -0.15) is 5.10 Å². The lowest BCUT2D eigenvalue weighted by molar-refractivity contribution is 0.102. The molecule has 4 rings (SSSR count). The molecule has 0 bridgehead atoms. The second kappa shape index (κ2) is 7.17. The van der Waals surface area contributed by atoms with Gasteiger partial charge >= 0.3 is 0 Å². The van der Waals surface area contributed by atoms with Crippen LogP contribution in [0.5, 0.6) is 0 Å². The molecule has 1 amide bonds. The van der Waals surface area contributed by atoms with Crippen molar-refractivity contribution in [2.24, 2.45) is 0 Å². The largest absolute Gasteiger partial charge is 0.319 e. The first kappa shape index (κ1) is 17.2. The van der Waals surface area contributed by atoms with Gasteiger partial charge in [0.15, 0.2) is 0 Å². The Balaban J connectivity index is 1.63. The molecular weight excluding hydrogens is 356 g/mol. The maximum Gasteiger partial charge on any atom is 0.255 e. The number of rotatable bonds is 4. The number of nitrogens with one attached hydrogen (secondary N) is 2. The predicted molar refractivity (Wildman–Crippen MR) is 109 cm³/mol. The van der Waals surface area contributed by atoms with Crippen molar-refractivity contribution in [3.05, 3.63) is 76.9 Å². The van der Waals surface area contributed by atoms with Gasteiger partial charge in [0.05, 0.1) is 11.4 Å². The number of carbonyl (C=O) groups excluding carboxylic acids is 1. The summed E-state index contributed by atoms with van der Waals surface area (Å²) in [5.74, 6) is -0.174. The number of aromatic nitrogens is 3. The number of hydrogen-bond acceptors (Lipinski definition) is 4. The first-order valence-corrected chi connectivity index (χ1v) is 9.44. The van der Waals surface area contributed by atoms with E-state index in [2.05, 4.69) is 20.5 Å². The highest BCUT2D eigenvalue weighted by molar-refractivity contribution is 7.13. The molecule has 0 saturated heterocycles. The van der Waals surface area contributed by atoms with E-state index >= 15 is 0 Å². The third-order valence-electron chi connectivity index (χ3n) is 4.22. The number of anilines is 1. The lowest BCUT2D eigenvalue weighted by Gasteiger charge is -2.08. The van der Waals surface area contributed by atoms with E-state index in [1.807, 2.05) is 67.8 Å². The van der Waals surface area contributed by atoms with Crippen LogP contribution in [0.1, 0.15) is 21.7 Å². The quantitative estimate of drug-likeness (QED) is 0.524. The molecule has 0 aliphatic heterocycles. The molecule has 0 saturated carbocycles. The van der Waals surface area contributed by atoms with Gasteiger partial charge in [-0.1, -0.05) is 42.5 Å². The minimum atomic E-state index is -0.174. The molecule has 2 aromatic carbocycles. The SMILES string of the molecule is Cc1csc(-c2cccc(C(=O)Nc3c(-c4ccccc4)n[nH]c3C)c2)n1. The lowest BCUT2D eigenvalue weighted by Crippen LogP contribution is -2.13. The summed E-state index contributed by atoms with van der Waals surface area (Å²) in [6.45, 7) is 3.85. The van der Waals surface area contributed by atoms with Gasteiger partial charge in [0, 0.05) is 27.8 Å². The van der Waals surface area contributed by atoms with Gasteiger partial charge in [-0.25, -0.2) is 4.98 Å². The van der Waals surface area contributed by atoms with Crippen LogP contribution in [-0.4, -0.2) is 21.1 Å². The highest BCUT2D eigenvalue weighted by atomic mass is 32.1. The fourth-order valence-electron chi connectivity index (χ4n) is 2.85. The molecule has 2 aromatic heterocycles. The van der Waals surface area contributed by atoms with Gasteiger partial charge in [-0.3, -0.25) is 9.89 Å². The molecule has 0 unspecified atom stereocenters. The molecule has 2 N–H and O–H groups in total. The van der Waals surface area contributed by atoms with Crippen molar-refractivity contribution in [1.82, 2.24) is 15.2 Å². The second-order valence-corrected chi connectivity index (χ2v) is 7.13. The van der Waals surface area contributed by atoms with Crippen LogP contribution in [0, 0.1) is 13.8 Å². The maximum atomic E-state index is 12.9. The molecule has 0 spiro atoms. The summed E-state index contributed by atoms with van der Waals surface area (Å²) >= 11 is 1.57. The summed E-state index contributed by atoms with van der Waals surface area (Å²) < 4.78 is 0. The molecule has 0 aliphatic rings. The molecule has 134 valence electrons. The van der Waals surface area contributed by atoms with E-state index in [0.29, 0.717) is 11.3 Å². The fourth-order valence-corrected chi connectivity index (χ4v) is 3.65.